The summed E-state index contributed by atoms with van der Waals surface area (Å²) < 4.78 is 48.2. The fraction of sp³-hybridized carbons (Fsp3) is 0.283. The number of unbranched alkanes of at least 4 members (excludes halogenated alkanes) is 4. The van der Waals surface area contributed by atoms with Gasteiger partial charge in [0.2, 0.25) is 23.6 Å². The van der Waals surface area contributed by atoms with Crippen molar-refractivity contribution in [2.24, 2.45) is 0 Å². The van der Waals surface area contributed by atoms with E-state index in [0.29, 0.717) is 17.7 Å². The van der Waals surface area contributed by atoms with E-state index in [4.69, 9.17) is 37.6 Å². The Morgan fingerprint density at radius 3 is 1.69 bits per heavy atom. The lowest BCUT2D eigenvalue weighted by Gasteiger charge is -2.25. The number of carbonyl (C=O) groups excluding carboxylic acids is 5. The Labute approximate surface area is 386 Å². The maximum Gasteiger partial charge on any atom is 0.338 e. The molecule has 4 atom stereocenters. The third-order valence-electron chi connectivity index (χ3n) is 10.8. The van der Waals surface area contributed by atoms with Gasteiger partial charge in [-0.15, -0.1) is 0 Å². The monoisotopic (exact) mass is 910 g/mol. The maximum atomic E-state index is 14.3. The zero-order valence-corrected chi connectivity index (χ0v) is 37.1. The molecule has 0 bridgehead atoms. The average Bonchev–Trinajstić information content (AvgIpc) is 3.66. The molecule has 14 nitrogen and oxygen atoms in total. The number of esters is 5. The summed E-state index contributed by atoms with van der Waals surface area (Å²) in [7, 11) is 0. The van der Waals surface area contributed by atoms with Gasteiger partial charge in [-0.1, -0.05) is 106 Å². The van der Waals surface area contributed by atoms with Crippen molar-refractivity contribution in [3.63, 3.8) is 0 Å². The molecule has 1 saturated heterocycles. The van der Waals surface area contributed by atoms with Gasteiger partial charge in [0.25, 0.3) is 0 Å². The van der Waals surface area contributed by atoms with Crippen molar-refractivity contribution in [3.8, 4) is 28.4 Å². The lowest BCUT2D eigenvalue weighted by atomic mass is 10.0. The number of rotatable bonds is 20. The van der Waals surface area contributed by atoms with Gasteiger partial charge in [-0.2, -0.15) is 0 Å². The van der Waals surface area contributed by atoms with E-state index >= 15 is 0 Å². The first-order chi connectivity index (χ1) is 32.6. The minimum Gasteiger partial charge on any atom is -0.459 e. The third-order valence-corrected chi connectivity index (χ3v) is 10.8. The highest BCUT2D eigenvalue weighted by Crippen LogP contribution is 2.40. The molecule has 1 fully saturated rings. The van der Waals surface area contributed by atoms with Gasteiger partial charge in [0, 0.05) is 12.8 Å². The molecule has 7 rings (SSSR count). The van der Waals surface area contributed by atoms with Crippen molar-refractivity contribution in [2.75, 3.05) is 6.61 Å². The lowest BCUT2D eigenvalue weighted by Crippen LogP contribution is -2.43. The molecule has 0 radical (unpaired) electrons. The second-order valence-corrected chi connectivity index (χ2v) is 15.7. The van der Waals surface area contributed by atoms with Gasteiger partial charge < -0.3 is 37.6 Å². The summed E-state index contributed by atoms with van der Waals surface area (Å²) in [6, 6.07) is 33.5. The number of ether oxygens (including phenoxy) is 7. The molecule has 0 N–H and O–H groups in total. The Hall–Kier alpha value is -7.58. The van der Waals surface area contributed by atoms with Crippen LogP contribution in [0.15, 0.2) is 143 Å². The highest BCUT2D eigenvalue weighted by molar-refractivity contribution is 5.92. The van der Waals surface area contributed by atoms with Crippen molar-refractivity contribution in [1.29, 1.82) is 0 Å². The minimum absolute atomic E-state index is 0.0148. The SMILES string of the molecule is CCCCCC(=O)Oc1ccc(-c2coc3c(O[C@H]4O[C@H](COC(=O)c5ccccc5)[C@@H](OC(=O)c5ccccc5)[C@@H]4OC(=O)c4ccccc4)c(OC(=O)CCCCC)ccc3c2=O)cc1. The summed E-state index contributed by atoms with van der Waals surface area (Å²) in [6.07, 6.45) is 0.383. The Bertz CT molecular complexity index is 2700. The Balaban J connectivity index is 1.27. The van der Waals surface area contributed by atoms with Crippen LogP contribution in [0.25, 0.3) is 22.1 Å². The van der Waals surface area contributed by atoms with Crippen molar-refractivity contribution in [1.82, 2.24) is 0 Å². The quantitative estimate of drug-likeness (QED) is 0.0306. The predicted molar refractivity (Wildman–Crippen MR) is 245 cm³/mol. The molecule has 1 aliphatic heterocycles. The van der Waals surface area contributed by atoms with Gasteiger partial charge in [-0.05, 0) is 79.1 Å². The van der Waals surface area contributed by atoms with E-state index < -0.39 is 60.5 Å². The summed E-state index contributed by atoms with van der Waals surface area (Å²) in [4.78, 5) is 80.7. The second kappa shape index (κ2) is 23.0. The smallest absolute Gasteiger partial charge is 0.338 e. The van der Waals surface area contributed by atoms with E-state index in [1.165, 1.54) is 42.7 Å². The molecule has 2 heterocycles. The fourth-order valence-corrected chi connectivity index (χ4v) is 7.30. The zero-order chi connectivity index (χ0) is 47.1. The van der Waals surface area contributed by atoms with Crippen LogP contribution in [0.5, 0.6) is 17.2 Å². The normalized spacial score (nSPS) is 16.4. The van der Waals surface area contributed by atoms with Crippen LogP contribution in [0.4, 0.5) is 0 Å². The molecule has 0 saturated carbocycles. The van der Waals surface area contributed by atoms with Gasteiger partial charge in [-0.3, -0.25) is 14.4 Å². The largest absolute Gasteiger partial charge is 0.459 e. The number of fused-ring (bicyclic) bond motifs is 1. The fourth-order valence-electron chi connectivity index (χ4n) is 7.30. The van der Waals surface area contributed by atoms with E-state index in [1.54, 1.807) is 91.0 Å². The molecule has 6 aromatic rings. The van der Waals surface area contributed by atoms with Crippen molar-refractivity contribution in [3.05, 3.63) is 161 Å². The van der Waals surface area contributed by atoms with E-state index in [-0.39, 0.29) is 63.5 Å². The summed E-state index contributed by atoms with van der Waals surface area (Å²) in [5.41, 5.74) is 0.529. The lowest BCUT2D eigenvalue weighted by molar-refractivity contribution is -0.136. The van der Waals surface area contributed by atoms with Crippen molar-refractivity contribution in [2.45, 2.75) is 89.8 Å². The predicted octanol–water partition coefficient (Wildman–Crippen LogP) is 9.84. The summed E-state index contributed by atoms with van der Waals surface area (Å²) >= 11 is 0. The topological polar surface area (TPSA) is 180 Å². The molecular weight excluding hydrogens is 861 g/mol. The van der Waals surface area contributed by atoms with Crippen LogP contribution < -0.4 is 19.6 Å². The Morgan fingerprint density at radius 1 is 0.582 bits per heavy atom. The summed E-state index contributed by atoms with van der Waals surface area (Å²) in [5, 5.41) is 0.0148. The molecule has 5 aromatic carbocycles. The first kappa shape index (κ1) is 47.4. The molecule has 0 unspecified atom stereocenters. The summed E-state index contributed by atoms with van der Waals surface area (Å²) in [6.45, 7) is 3.55. The van der Waals surface area contributed by atoms with Crippen LogP contribution in [0.2, 0.25) is 0 Å². The van der Waals surface area contributed by atoms with E-state index in [2.05, 4.69) is 0 Å². The number of hydrogen-bond donors (Lipinski definition) is 0. The van der Waals surface area contributed by atoms with Gasteiger partial charge in [0.15, 0.2) is 17.4 Å². The average molecular weight is 911 g/mol. The van der Waals surface area contributed by atoms with Crippen LogP contribution in [-0.4, -0.2) is 61.1 Å². The zero-order valence-electron chi connectivity index (χ0n) is 37.1. The first-order valence-electron chi connectivity index (χ1n) is 22.3. The molecule has 67 heavy (non-hydrogen) atoms. The molecular formula is C53H50O14. The first-order valence-corrected chi connectivity index (χ1v) is 22.3. The van der Waals surface area contributed by atoms with Gasteiger partial charge in [0.05, 0.1) is 27.6 Å². The molecule has 14 heteroatoms. The van der Waals surface area contributed by atoms with Crippen LogP contribution >= 0.6 is 0 Å². The minimum atomic E-state index is -1.66. The van der Waals surface area contributed by atoms with Crippen LogP contribution in [0, 0.1) is 0 Å². The van der Waals surface area contributed by atoms with Crippen molar-refractivity contribution >= 4 is 40.8 Å². The van der Waals surface area contributed by atoms with Crippen LogP contribution in [0.3, 0.4) is 0 Å². The van der Waals surface area contributed by atoms with E-state index in [1.807, 2.05) is 13.8 Å². The number of carbonyl (C=O) groups is 5. The molecule has 1 aromatic heterocycles. The number of hydrogen-bond acceptors (Lipinski definition) is 14. The molecule has 0 aliphatic carbocycles. The Morgan fingerprint density at radius 2 is 1.12 bits per heavy atom. The summed E-state index contributed by atoms with van der Waals surface area (Å²) in [5.74, 6) is -3.40. The second-order valence-electron chi connectivity index (χ2n) is 15.7. The molecule has 0 spiro atoms. The maximum absolute atomic E-state index is 14.3. The molecule has 1 aliphatic rings. The van der Waals surface area contributed by atoms with Gasteiger partial charge >= 0.3 is 29.8 Å². The Kier molecular flexibility index (Phi) is 16.3. The highest BCUT2D eigenvalue weighted by Gasteiger charge is 2.52. The van der Waals surface area contributed by atoms with Gasteiger partial charge in [-0.25, -0.2) is 14.4 Å². The van der Waals surface area contributed by atoms with Crippen LogP contribution in [0.1, 0.15) is 96.3 Å². The van der Waals surface area contributed by atoms with E-state index in [0.717, 1.165) is 32.1 Å². The van der Waals surface area contributed by atoms with Crippen LogP contribution in [-0.2, 0) is 28.5 Å². The number of benzene rings is 5. The van der Waals surface area contributed by atoms with E-state index in [9.17, 15) is 28.8 Å². The van der Waals surface area contributed by atoms with Gasteiger partial charge in [0.1, 0.15) is 24.7 Å². The third kappa shape index (κ3) is 12.2. The van der Waals surface area contributed by atoms with Crippen molar-refractivity contribution < 1.29 is 61.5 Å². The molecule has 346 valence electrons. The highest BCUT2D eigenvalue weighted by atomic mass is 16.7. The standard InChI is InChI=1S/C53H50O14/c1-3-5-10-24-43(54)62-38-28-26-34(27-29-38)40-32-60-46-39(45(40)56)30-31-41(63-44(55)25-11-6-4-2)47(46)67-53-49(66-52(59)37-22-16-9-17-23-37)48(65-51(58)36-20-14-8-15-21-36)42(64-53)33-61-50(57)35-18-12-7-13-19-35/h7-9,12-23,26-32,42,48-49,53H,3-6,10-11,24-25,33H2,1-2H3/t42-,48-,49+,53-/m1/s1. The molecule has 0 amide bonds.